The van der Waals surface area contributed by atoms with Crippen LogP contribution in [0, 0.1) is 12.7 Å². The van der Waals surface area contributed by atoms with Gasteiger partial charge in [0.15, 0.2) is 0 Å². The van der Waals surface area contributed by atoms with Gasteiger partial charge in [0, 0.05) is 12.1 Å². The van der Waals surface area contributed by atoms with E-state index in [-0.39, 0.29) is 18.0 Å². The smallest absolute Gasteiger partial charge is 0.337 e. The zero-order valence-corrected chi connectivity index (χ0v) is 12.4. The van der Waals surface area contributed by atoms with Crippen molar-refractivity contribution in [3.8, 4) is 0 Å². The maximum absolute atomic E-state index is 13.4. The molecule has 0 saturated carbocycles. The van der Waals surface area contributed by atoms with Gasteiger partial charge in [-0.25, -0.2) is 9.18 Å². The van der Waals surface area contributed by atoms with Gasteiger partial charge >= 0.3 is 5.97 Å². The Bertz CT molecular complexity index is 696. The van der Waals surface area contributed by atoms with E-state index in [0.29, 0.717) is 11.1 Å². The molecule has 0 atom stereocenters. The molecule has 1 N–H and O–H groups in total. The summed E-state index contributed by atoms with van der Waals surface area (Å²) < 4.78 is 18.0. The second-order valence-electron chi connectivity index (χ2n) is 4.84. The molecule has 0 aliphatic heterocycles. The van der Waals surface area contributed by atoms with E-state index in [1.807, 2.05) is 0 Å². The highest BCUT2D eigenvalue weighted by molar-refractivity contribution is 5.94. The number of carbonyl (C=O) groups excluding carboxylic acids is 2. The number of aryl methyl sites for hydroxylation is 1. The van der Waals surface area contributed by atoms with Gasteiger partial charge in [0.1, 0.15) is 5.82 Å². The highest BCUT2D eigenvalue weighted by Gasteiger charge is 2.08. The molecular formula is C17H16FNO3. The number of benzene rings is 2. The third-order valence-corrected chi connectivity index (χ3v) is 3.26. The van der Waals surface area contributed by atoms with E-state index in [0.717, 1.165) is 5.56 Å². The minimum absolute atomic E-state index is 0.272. The van der Waals surface area contributed by atoms with Crippen molar-refractivity contribution in [3.63, 3.8) is 0 Å². The fourth-order valence-electron chi connectivity index (χ4n) is 1.90. The van der Waals surface area contributed by atoms with Gasteiger partial charge in [-0.05, 0) is 42.3 Å². The minimum Gasteiger partial charge on any atom is -0.465 e. The van der Waals surface area contributed by atoms with Crippen LogP contribution in [0.2, 0.25) is 0 Å². The molecular weight excluding hydrogens is 285 g/mol. The summed E-state index contributed by atoms with van der Waals surface area (Å²) in [5.41, 5.74) is 2.04. The Hall–Kier alpha value is -2.69. The summed E-state index contributed by atoms with van der Waals surface area (Å²) in [5.74, 6) is -1.17. The summed E-state index contributed by atoms with van der Waals surface area (Å²) in [4.78, 5) is 23.3. The van der Waals surface area contributed by atoms with Crippen LogP contribution in [0.5, 0.6) is 0 Å². The number of ether oxygens (including phenoxy) is 1. The van der Waals surface area contributed by atoms with Gasteiger partial charge in [0.25, 0.3) is 5.91 Å². The largest absolute Gasteiger partial charge is 0.465 e. The van der Waals surface area contributed by atoms with Crippen molar-refractivity contribution in [3.05, 3.63) is 70.5 Å². The van der Waals surface area contributed by atoms with Crippen molar-refractivity contribution in [1.29, 1.82) is 0 Å². The first-order valence-corrected chi connectivity index (χ1v) is 6.73. The third-order valence-electron chi connectivity index (χ3n) is 3.26. The molecule has 0 spiro atoms. The predicted molar refractivity (Wildman–Crippen MR) is 80.1 cm³/mol. The number of hydrogen-bond donors (Lipinski definition) is 1. The van der Waals surface area contributed by atoms with Crippen LogP contribution in [0.1, 0.15) is 31.8 Å². The first-order chi connectivity index (χ1) is 10.5. The summed E-state index contributed by atoms with van der Waals surface area (Å²) >= 11 is 0. The fraction of sp³-hybridized carbons (Fsp3) is 0.176. The lowest BCUT2D eigenvalue weighted by Gasteiger charge is -2.07. The maximum Gasteiger partial charge on any atom is 0.337 e. The third kappa shape index (κ3) is 3.69. The van der Waals surface area contributed by atoms with E-state index in [4.69, 9.17) is 0 Å². The quantitative estimate of drug-likeness (QED) is 0.884. The molecule has 0 aromatic heterocycles. The Morgan fingerprint density at radius 3 is 2.32 bits per heavy atom. The van der Waals surface area contributed by atoms with E-state index in [9.17, 15) is 14.0 Å². The van der Waals surface area contributed by atoms with E-state index in [1.165, 1.54) is 13.2 Å². The summed E-state index contributed by atoms with van der Waals surface area (Å²) in [6.45, 7) is 1.93. The second kappa shape index (κ2) is 6.85. The van der Waals surface area contributed by atoms with Crippen molar-refractivity contribution >= 4 is 11.9 Å². The zero-order valence-electron chi connectivity index (χ0n) is 12.4. The van der Waals surface area contributed by atoms with Crippen molar-refractivity contribution in [1.82, 2.24) is 5.32 Å². The van der Waals surface area contributed by atoms with E-state index in [1.54, 1.807) is 43.3 Å². The number of carbonyl (C=O) groups is 2. The molecule has 0 saturated heterocycles. The molecule has 0 radical (unpaired) electrons. The Kier molecular flexibility index (Phi) is 4.88. The number of hydrogen-bond acceptors (Lipinski definition) is 3. The first kappa shape index (κ1) is 15.7. The average molecular weight is 301 g/mol. The van der Waals surface area contributed by atoms with Crippen molar-refractivity contribution in [2.45, 2.75) is 13.5 Å². The molecule has 1 amide bonds. The monoisotopic (exact) mass is 301 g/mol. The minimum atomic E-state index is -0.411. The Labute approximate surface area is 127 Å². The topological polar surface area (TPSA) is 55.4 Å². The number of amides is 1. The van der Waals surface area contributed by atoms with Crippen LogP contribution in [0.25, 0.3) is 0 Å². The molecule has 0 bridgehead atoms. The highest BCUT2D eigenvalue weighted by Crippen LogP contribution is 2.10. The fourth-order valence-corrected chi connectivity index (χ4v) is 1.90. The molecule has 22 heavy (non-hydrogen) atoms. The highest BCUT2D eigenvalue weighted by atomic mass is 19.1. The lowest BCUT2D eigenvalue weighted by atomic mass is 10.1. The molecule has 5 heteroatoms. The van der Waals surface area contributed by atoms with Gasteiger partial charge < -0.3 is 10.1 Å². The Balaban J connectivity index is 1.98. The van der Waals surface area contributed by atoms with Crippen LogP contribution >= 0.6 is 0 Å². The van der Waals surface area contributed by atoms with Crippen LogP contribution in [-0.2, 0) is 11.3 Å². The molecule has 0 unspecified atom stereocenters. The van der Waals surface area contributed by atoms with Gasteiger partial charge in [-0.1, -0.05) is 18.2 Å². The van der Waals surface area contributed by atoms with Crippen LogP contribution in [-0.4, -0.2) is 19.0 Å². The Morgan fingerprint density at radius 2 is 1.73 bits per heavy atom. The van der Waals surface area contributed by atoms with Gasteiger partial charge in [-0.15, -0.1) is 0 Å². The van der Waals surface area contributed by atoms with Crippen molar-refractivity contribution < 1.29 is 18.7 Å². The molecule has 0 aliphatic rings. The summed E-state index contributed by atoms with van der Waals surface area (Å²) in [6, 6.07) is 11.1. The standard InChI is InChI=1S/C17H16FNO3/c1-11-3-6-14(9-15(11)18)16(20)19-10-12-4-7-13(8-5-12)17(21)22-2/h3-9H,10H2,1-2H3,(H,19,20). The molecule has 0 heterocycles. The summed E-state index contributed by atoms with van der Waals surface area (Å²) in [5, 5.41) is 2.70. The molecule has 2 aromatic rings. The molecule has 0 fully saturated rings. The lowest BCUT2D eigenvalue weighted by molar-refractivity contribution is 0.0600. The van der Waals surface area contributed by atoms with Crippen molar-refractivity contribution in [2.75, 3.05) is 7.11 Å². The SMILES string of the molecule is COC(=O)c1ccc(CNC(=O)c2ccc(C)c(F)c2)cc1. The summed E-state index contributed by atoms with van der Waals surface area (Å²) in [7, 11) is 1.32. The molecule has 2 rings (SSSR count). The first-order valence-electron chi connectivity index (χ1n) is 6.73. The maximum atomic E-state index is 13.4. The summed E-state index contributed by atoms with van der Waals surface area (Å²) in [6.07, 6.45) is 0. The van der Waals surface area contributed by atoms with E-state index in [2.05, 4.69) is 10.1 Å². The van der Waals surface area contributed by atoms with Gasteiger partial charge in [0.2, 0.25) is 0 Å². The van der Waals surface area contributed by atoms with Gasteiger partial charge in [-0.3, -0.25) is 4.79 Å². The van der Waals surface area contributed by atoms with E-state index < -0.39 is 11.8 Å². The number of methoxy groups -OCH3 is 1. The lowest BCUT2D eigenvalue weighted by Crippen LogP contribution is -2.23. The van der Waals surface area contributed by atoms with Crippen LogP contribution in [0.4, 0.5) is 4.39 Å². The normalized spacial score (nSPS) is 10.1. The van der Waals surface area contributed by atoms with Crippen LogP contribution < -0.4 is 5.32 Å². The van der Waals surface area contributed by atoms with E-state index >= 15 is 0 Å². The van der Waals surface area contributed by atoms with Crippen LogP contribution in [0.3, 0.4) is 0 Å². The second-order valence-corrected chi connectivity index (χ2v) is 4.84. The number of halogens is 1. The zero-order chi connectivity index (χ0) is 16.1. The molecule has 0 aliphatic carbocycles. The number of rotatable bonds is 4. The van der Waals surface area contributed by atoms with Gasteiger partial charge in [-0.2, -0.15) is 0 Å². The van der Waals surface area contributed by atoms with Crippen molar-refractivity contribution in [2.24, 2.45) is 0 Å². The Morgan fingerprint density at radius 1 is 1.09 bits per heavy atom. The van der Waals surface area contributed by atoms with Gasteiger partial charge in [0.05, 0.1) is 12.7 Å². The van der Waals surface area contributed by atoms with Crippen LogP contribution in [0.15, 0.2) is 42.5 Å². The number of esters is 1. The average Bonchev–Trinajstić information content (AvgIpc) is 2.54. The number of nitrogens with one attached hydrogen (secondary N) is 1. The predicted octanol–water partition coefficient (Wildman–Crippen LogP) is 2.85. The molecule has 114 valence electrons. The molecule has 2 aromatic carbocycles. The molecule has 4 nitrogen and oxygen atoms in total.